The van der Waals surface area contributed by atoms with Crippen molar-refractivity contribution in [3.05, 3.63) is 35.4 Å². The minimum atomic E-state index is -0.00179. The molecule has 2 aliphatic rings. The van der Waals surface area contributed by atoms with Gasteiger partial charge in [-0.25, -0.2) is 4.79 Å². The summed E-state index contributed by atoms with van der Waals surface area (Å²) < 4.78 is 0. The third kappa shape index (κ3) is 6.46. The summed E-state index contributed by atoms with van der Waals surface area (Å²) in [5.41, 5.74) is 1.87. The van der Waals surface area contributed by atoms with E-state index < -0.39 is 0 Å². The lowest BCUT2D eigenvalue weighted by Gasteiger charge is -2.33. The van der Waals surface area contributed by atoms with Gasteiger partial charge in [0.15, 0.2) is 0 Å². The Balaban J connectivity index is 1.52. The molecule has 6 nitrogen and oxygen atoms in total. The molecule has 0 bridgehead atoms. The van der Waals surface area contributed by atoms with E-state index in [1.165, 1.54) is 25.7 Å². The number of benzene rings is 1. The van der Waals surface area contributed by atoms with Crippen LogP contribution in [-0.4, -0.2) is 67.6 Å². The molecule has 1 aromatic rings. The summed E-state index contributed by atoms with van der Waals surface area (Å²) in [5, 5.41) is 5.98. The van der Waals surface area contributed by atoms with Gasteiger partial charge in [0.1, 0.15) is 0 Å². The summed E-state index contributed by atoms with van der Waals surface area (Å²) in [6.07, 6.45) is 7.24. The van der Waals surface area contributed by atoms with E-state index in [4.69, 9.17) is 0 Å². The van der Waals surface area contributed by atoms with Crippen LogP contribution in [0.4, 0.5) is 4.79 Å². The average Bonchev–Trinajstić information content (AvgIpc) is 3.03. The molecule has 2 saturated heterocycles. The van der Waals surface area contributed by atoms with Gasteiger partial charge in [0, 0.05) is 44.2 Å². The molecule has 1 aromatic carbocycles. The summed E-state index contributed by atoms with van der Waals surface area (Å²) in [5.74, 6) is 0.286. The fourth-order valence-corrected chi connectivity index (χ4v) is 4.42. The van der Waals surface area contributed by atoms with Crippen molar-refractivity contribution in [1.29, 1.82) is 0 Å². The second-order valence-electron chi connectivity index (χ2n) is 8.26. The van der Waals surface area contributed by atoms with Crippen LogP contribution in [0.3, 0.4) is 0 Å². The van der Waals surface area contributed by atoms with Crippen LogP contribution >= 0.6 is 0 Å². The van der Waals surface area contributed by atoms with Gasteiger partial charge in [-0.05, 0) is 63.4 Å². The lowest BCUT2D eigenvalue weighted by Crippen LogP contribution is -2.44. The van der Waals surface area contributed by atoms with Crippen LogP contribution in [0.1, 0.15) is 67.3 Å². The van der Waals surface area contributed by atoms with Gasteiger partial charge in [0.2, 0.25) is 0 Å². The number of amides is 3. The molecule has 0 saturated carbocycles. The number of carbonyl (C=O) groups is 2. The zero-order valence-electron chi connectivity index (χ0n) is 17.8. The second-order valence-corrected chi connectivity index (χ2v) is 8.26. The maximum Gasteiger partial charge on any atom is 0.317 e. The normalized spacial score (nSPS) is 20.7. The van der Waals surface area contributed by atoms with Crippen molar-refractivity contribution in [2.24, 2.45) is 0 Å². The maximum absolute atomic E-state index is 12.6. The third-order valence-corrected chi connectivity index (χ3v) is 6.07. The van der Waals surface area contributed by atoms with Crippen molar-refractivity contribution in [2.45, 2.75) is 51.4 Å². The number of likely N-dealkylation sites (tertiary alicyclic amines) is 2. The first-order chi connectivity index (χ1) is 14.2. The van der Waals surface area contributed by atoms with Gasteiger partial charge in [-0.3, -0.25) is 4.79 Å². The molecule has 0 aromatic heterocycles. The molecule has 2 fully saturated rings. The van der Waals surface area contributed by atoms with Crippen molar-refractivity contribution in [2.75, 3.05) is 45.8 Å². The quantitative estimate of drug-likeness (QED) is 0.771. The maximum atomic E-state index is 12.6. The molecular weight excluding hydrogens is 364 g/mol. The zero-order chi connectivity index (χ0) is 20.5. The molecule has 0 radical (unpaired) electrons. The van der Waals surface area contributed by atoms with Crippen molar-refractivity contribution in [1.82, 2.24) is 20.4 Å². The Hall–Kier alpha value is -2.08. The monoisotopic (exact) mass is 400 g/mol. The van der Waals surface area contributed by atoms with Gasteiger partial charge >= 0.3 is 6.03 Å². The zero-order valence-corrected chi connectivity index (χ0v) is 17.8. The molecule has 0 spiro atoms. The van der Waals surface area contributed by atoms with Crippen LogP contribution in [0.15, 0.2) is 24.3 Å². The highest BCUT2D eigenvalue weighted by molar-refractivity contribution is 5.94. The predicted octanol–water partition coefficient (Wildman–Crippen LogP) is 3.20. The second kappa shape index (κ2) is 11.2. The van der Waals surface area contributed by atoms with E-state index in [0.29, 0.717) is 25.2 Å². The Labute approximate surface area is 175 Å². The number of urea groups is 1. The Bertz CT molecular complexity index is 671. The molecule has 2 heterocycles. The smallest absolute Gasteiger partial charge is 0.317 e. The van der Waals surface area contributed by atoms with Gasteiger partial charge in [-0.1, -0.05) is 25.0 Å². The lowest BCUT2D eigenvalue weighted by atomic mass is 9.89. The SMILES string of the molecule is CCNC(=O)N1CCCC(c2cccc(C(=O)NCCN3CCCCCC3)c2)C1. The summed E-state index contributed by atoms with van der Waals surface area (Å²) in [4.78, 5) is 29.2. The molecule has 1 atom stereocenters. The summed E-state index contributed by atoms with van der Waals surface area (Å²) >= 11 is 0. The summed E-state index contributed by atoms with van der Waals surface area (Å²) in [7, 11) is 0. The number of rotatable bonds is 6. The molecule has 29 heavy (non-hydrogen) atoms. The van der Waals surface area contributed by atoms with Gasteiger partial charge in [0.05, 0.1) is 0 Å². The molecule has 2 N–H and O–H groups in total. The average molecular weight is 401 g/mol. The number of hydrogen-bond acceptors (Lipinski definition) is 3. The highest BCUT2D eigenvalue weighted by Crippen LogP contribution is 2.27. The first-order valence-electron chi connectivity index (χ1n) is 11.3. The number of hydrogen-bond donors (Lipinski definition) is 2. The predicted molar refractivity (Wildman–Crippen MR) is 116 cm³/mol. The molecular formula is C23H36N4O2. The van der Waals surface area contributed by atoms with E-state index in [-0.39, 0.29) is 17.9 Å². The third-order valence-electron chi connectivity index (χ3n) is 6.07. The minimum absolute atomic E-state index is 0.00179. The molecule has 160 valence electrons. The molecule has 6 heteroatoms. The van der Waals surface area contributed by atoms with Crippen LogP contribution in [0, 0.1) is 0 Å². The number of nitrogens with zero attached hydrogens (tertiary/aromatic N) is 2. The van der Waals surface area contributed by atoms with Crippen molar-refractivity contribution < 1.29 is 9.59 Å². The highest BCUT2D eigenvalue weighted by Gasteiger charge is 2.25. The molecule has 2 aliphatic heterocycles. The van der Waals surface area contributed by atoms with E-state index in [1.807, 2.05) is 30.0 Å². The van der Waals surface area contributed by atoms with E-state index in [0.717, 1.165) is 44.6 Å². The summed E-state index contributed by atoms with van der Waals surface area (Å²) in [6.45, 7) is 8.02. The Morgan fingerprint density at radius 2 is 1.83 bits per heavy atom. The fraction of sp³-hybridized carbons (Fsp3) is 0.652. The van der Waals surface area contributed by atoms with Crippen molar-refractivity contribution in [3.8, 4) is 0 Å². The number of carbonyl (C=O) groups excluding carboxylic acids is 2. The number of piperidine rings is 1. The van der Waals surface area contributed by atoms with E-state index in [2.05, 4.69) is 21.6 Å². The topological polar surface area (TPSA) is 64.7 Å². The number of nitrogens with one attached hydrogen (secondary N) is 2. The largest absolute Gasteiger partial charge is 0.351 e. The molecule has 3 amide bonds. The van der Waals surface area contributed by atoms with Crippen LogP contribution < -0.4 is 10.6 Å². The Morgan fingerprint density at radius 1 is 1.03 bits per heavy atom. The van der Waals surface area contributed by atoms with Crippen LogP contribution in [0.5, 0.6) is 0 Å². The molecule has 0 aliphatic carbocycles. The van der Waals surface area contributed by atoms with Crippen LogP contribution in [0.2, 0.25) is 0 Å². The van der Waals surface area contributed by atoms with Gasteiger partial charge < -0.3 is 20.4 Å². The van der Waals surface area contributed by atoms with E-state index >= 15 is 0 Å². The Morgan fingerprint density at radius 3 is 2.59 bits per heavy atom. The first kappa shape index (κ1) is 21.6. The van der Waals surface area contributed by atoms with Crippen LogP contribution in [0.25, 0.3) is 0 Å². The lowest BCUT2D eigenvalue weighted by molar-refractivity contribution is 0.0948. The van der Waals surface area contributed by atoms with Gasteiger partial charge in [0.25, 0.3) is 5.91 Å². The van der Waals surface area contributed by atoms with Gasteiger partial charge in [-0.2, -0.15) is 0 Å². The molecule has 1 unspecified atom stereocenters. The molecule has 3 rings (SSSR count). The van der Waals surface area contributed by atoms with Crippen LogP contribution in [-0.2, 0) is 0 Å². The minimum Gasteiger partial charge on any atom is -0.351 e. The van der Waals surface area contributed by atoms with Crippen molar-refractivity contribution >= 4 is 11.9 Å². The van der Waals surface area contributed by atoms with E-state index in [1.54, 1.807) is 0 Å². The van der Waals surface area contributed by atoms with Gasteiger partial charge in [-0.15, -0.1) is 0 Å². The highest BCUT2D eigenvalue weighted by atomic mass is 16.2. The standard InChI is InChI=1S/C23H36N4O2/c1-2-24-23(29)27-15-8-11-21(18-27)19-9-7-10-20(17-19)22(28)25-12-16-26-13-5-3-4-6-14-26/h7,9-10,17,21H,2-6,8,11-16,18H2,1H3,(H,24,29)(H,25,28). The Kier molecular flexibility index (Phi) is 8.35. The van der Waals surface area contributed by atoms with E-state index in [9.17, 15) is 9.59 Å². The fourth-order valence-electron chi connectivity index (χ4n) is 4.42. The van der Waals surface area contributed by atoms with Crippen molar-refractivity contribution in [3.63, 3.8) is 0 Å². The first-order valence-corrected chi connectivity index (χ1v) is 11.3. The summed E-state index contributed by atoms with van der Waals surface area (Å²) in [6, 6.07) is 7.95.